The van der Waals surface area contributed by atoms with Gasteiger partial charge in [0.2, 0.25) is 0 Å². The molecule has 0 bridgehead atoms. The molecule has 1 heterocycles. The molecule has 1 saturated heterocycles. The van der Waals surface area contributed by atoms with E-state index in [0.29, 0.717) is 19.6 Å². The number of nitrogens with one attached hydrogen (secondary N) is 1. The normalized spacial score (nSPS) is 20.4. The fraction of sp³-hybridized carbons (Fsp3) is 0.417. The first kappa shape index (κ1) is 21.8. The van der Waals surface area contributed by atoms with E-state index in [1.165, 1.54) is 12.1 Å². The van der Waals surface area contributed by atoms with Crippen LogP contribution in [0, 0.1) is 0 Å². The van der Waals surface area contributed by atoms with E-state index in [-0.39, 0.29) is 28.1 Å². The lowest BCUT2D eigenvalue weighted by Crippen LogP contribution is -2.46. The Balaban J connectivity index is 1.82. The molecule has 30 heavy (non-hydrogen) atoms. The van der Waals surface area contributed by atoms with E-state index in [4.69, 9.17) is 9.47 Å². The summed E-state index contributed by atoms with van der Waals surface area (Å²) >= 11 is 0. The van der Waals surface area contributed by atoms with Crippen LogP contribution in [0.25, 0.3) is 0 Å². The maximum atomic E-state index is 12.7. The molecule has 1 amide bonds. The number of hydrogen-bond acceptors (Lipinski definition) is 4. The zero-order chi connectivity index (χ0) is 21.8. The Morgan fingerprint density at radius 2 is 1.77 bits per heavy atom. The molecule has 0 saturated carbocycles. The predicted octanol–water partition coefficient (Wildman–Crippen LogP) is 4.04. The van der Waals surface area contributed by atoms with Crippen molar-refractivity contribution in [1.82, 2.24) is 5.32 Å². The third-order valence-electron chi connectivity index (χ3n) is 5.81. The van der Waals surface area contributed by atoms with Crippen LogP contribution in [0.2, 0.25) is 0 Å². The molecule has 1 atom stereocenters. The van der Waals surface area contributed by atoms with Gasteiger partial charge >= 0.3 is 5.97 Å². The van der Waals surface area contributed by atoms with Gasteiger partial charge in [-0.3, -0.25) is 4.79 Å². The van der Waals surface area contributed by atoms with Crippen LogP contribution in [0.15, 0.2) is 48.5 Å². The van der Waals surface area contributed by atoms with Crippen molar-refractivity contribution in [2.75, 3.05) is 20.3 Å². The first-order chi connectivity index (χ1) is 14.3. The van der Waals surface area contributed by atoms with Crippen molar-refractivity contribution in [2.45, 2.75) is 44.1 Å². The van der Waals surface area contributed by atoms with Crippen molar-refractivity contribution >= 4 is 11.9 Å². The van der Waals surface area contributed by atoms with Crippen LogP contribution in [-0.2, 0) is 10.2 Å². The number of para-hydroxylation sites is 1. The van der Waals surface area contributed by atoms with E-state index in [1.54, 1.807) is 19.2 Å². The highest BCUT2D eigenvalue weighted by molar-refractivity contribution is 6.04. The average molecular weight is 411 g/mol. The molecule has 6 nitrogen and oxygen atoms in total. The maximum Gasteiger partial charge on any atom is 0.336 e. The van der Waals surface area contributed by atoms with Crippen LogP contribution >= 0.6 is 0 Å². The third-order valence-corrected chi connectivity index (χ3v) is 5.81. The van der Waals surface area contributed by atoms with E-state index >= 15 is 0 Å². The summed E-state index contributed by atoms with van der Waals surface area (Å²) in [5.74, 6) is -0.662. The Kier molecular flexibility index (Phi) is 6.46. The van der Waals surface area contributed by atoms with Crippen LogP contribution < -0.4 is 10.1 Å². The van der Waals surface area contributed by atoms with Gasteiger partial charge < -0.3 is 19.9 Å². The van der Waals surface area contributed by atoms with Crippen molar-refractivity contribution in [3.63, 3.8) is 0 Å². The number of carbonyl (C=O) groups is 2. The smallest absolute Gasteiger partial charge is 0.336 e. The Labute approximate surface area is 177 Å². The SMILES string of the molecule is COc1ccccc1[C@]1(CCNC(=O)c2ccccc2C(=O)O)CCOC(C)(C)C1. The fourth-order valence-electron chi connectivity index (χ4n) is 4.52. The molecule has 0 radical (unpaired) electrons. The summed E-state index contributed by atoms with van der Waals surface area (Å²) in [5, 5.41) is 12.3. The Morgan fingerprint density at radius 1 is 1.10 bits per heavy atom. The summed E-state index contributed by atoms with van der Waals surface area (Å²) < 4.78 is 11.6. The Morgan fingerprint density at radius 3 is 2.43 bits per heavy atom. The molecule has 0 unspecified atom stereocenters. The molecular formula is C24H29NO5. The highest BCUT2D eigenvalue weighted by Gasteiger charge is 2.43. The van der Waals surface area contributed by atoms with Gasteiger partial charge in [-0.05, 0) is 51.3 Å². The minimum absolute atomic E-state index is 0.00152. The summed E-state index contributed by atoms with van der Waals surface area (Å²) in [6.07, 6.45) is 2.31. The highest BCUT2D eigenvalue weighted by Crippen LogP contribution is 2.46. The van der Waals surface area contributed by atoms with E-state index < -0.39 is 5.97 Å². The lowest BCUT2D eigenvalue weighted by molar-refractivity contribution is -0.0841. The minimum atomic E-state index is -1.11. The molecule has 2 N–H and O–H groups in total. The largest absolute Gasteiger partial charge is 0.496 e. The fourth-order valence-corrected chi connectivity index (χ4v) is 4.52. The molecule has 1 aliphatic rings. The number of benzene rings is 2. The number of ether oxygens (including phenoxy) is 2. The number of carboxylic acid groups (broad SMARTS) is 1. The second-order valence-electron chi connectivity index (χ2n) is 8.37. The molecule has 0 aromatic heterocycles. The van der Waals surface area contributed by atoms with Crippen LogP contribution in [0.5, 0.6) is 5.75 Å². The van der Waals surface area contributed by atoms with Gasteiger partial charge in [-0.25, -0.2) is 4.79 Å². The van der Waals surface area contributed by atoms with Crippen LogP contribution in [0.3, 0.4) is 0 Å². The van der Waals surface area contributed by atoms with E-state index in [0.717, 1.165) is 24.2 Å². The van der Waals surface area contributed by atoms with E-state index in [1.807, 2.05) is 18.2 Å². The average Bonchev–Trinajstić information content (AvgIpc) is 2.72. The molecule has 2 aromatic carbocycles. The maximum absolute atomic E-state index is 12.7. The molecule has 0 aliphatic carbocycles. The van der Waals surface area contributed by atoms with Gasteiger partial charge in [0.1, 0.15) is 5.75 Å². The first-order valence-electron chi connectivity index (χ1n) is 10.2. The lowest BCUT2D eigenvalue weighted by atomic mass is 9.67. The highest BCUT2D eigenvalue weighted by atomic mass is 16.5. The van der Waals surface area contributed by atoms with E-state index in [2.05, 4.69) is 25.2 Å². The number of hydrogen-bond donors (Lipinski definition) is 2. The lowest BCUT2D eigenvalue weighted by Gasteiger charge is -2.46. The Bertz CT molecular complexity index is 923. The van der Waals surface area contributed by atoms with Gasteiger partial charge in [0, 0.05) is 24.1 Å². The zero-order valence-corrected chi connectivity index (χ0v) is 17.7. The summed E-state index contributed by atoms with van der Waals surface area (Å²) in [4.78, 5) is 24.1. The number of aromatic carboxylic acids is 1. The molecule has 1 aliphatic heterocycles. The molecule has 0 spiro atoms. The second kappa shape index (κ2) is 8.88. The van der Waals surface area contributed by atoms with Crippen LogP contribution in [0.4, 0.5) is 0 Å². The third kappa shape index (κ3) is 4.65. The molecule has 160 valence electrons. The van der Waals surface area contributed by atoms with Gasteiger partial charge in [-0.2, -0.15) is 0 Å². The monoisotopic (exact) mass is 411 g/mol. The van der Waals surface area contributed by atoms with Gasteiger partial charge in [-0.15, -0.1) is 0 Å². The molecule has 1 fully saturated rings. The summed E-state index contributed by atoms with van der Waals surface area (Å²) in [6.45, 7) is 5.21. The number of carbonyl (C=O) groups excluding carboxylic acids is 1. The second-order valence-corrected chi connectivity index (χ2v) is 8.37. The van der Waals surface area contributed by atoms with Crippen molar-refractivity contribution in [3.05, 3.63) is 65.2 Å². The summed E-state index contributed by atoms with van der Waals surface area (Å²) in [6, 6.07) is 14.2. The van der Waals surface area contributed by atoms with Crippen LogP contribution in [0.1, 0.15) is 59.4 Å². The molecular weight excluding hydrogens is 382 g/mol. The molecule has 2 aromatic rings. The number of amides is 1. The number of carboxylic acids is 1. The van der Waals surface area contributed by atoms with Crippen LogP contribution in [-0.4, -0.2) is 42.8 Å². The minimum Gasteiger partial charge on any atom is -0.496 e. The predicted molar refractivity (Wildman–Crippen MR) is 114 cm³/mol. The quantitative estimate of drug-likeness (QED) is 0.718. The van der Waals surface area contributed by atoms with Gasteiger partial charge in [0.25, 0.3) is 5.91 Å². The standard InChI is InChI=1S/C24H29NO5/c1-23(2)16-24(13-15-30-23,19-10-6-7-11-20(19)29-3)12-14-25-21(26)17-8-4-5-9-18(17)22(27)28/h4-11H,12-16H2,1-3H3,(H,25,26)(H,27,28)/t24-/m1/s1. The van der Waals surface area contributed by atoms with Crippen molar-refractivity contribution in [3.8, 4) is 5.75 Å². The number of methoxy groups -OCH3 is 1. The summed E-state index contributed by atoms with van der Waals surface area (Å²) in [5.41, 5.74) is 0.779. The van der Waals surface area contributed by atoms with Gasteiger partial charge in [-0.1, -0.05) is 30.3 Å². The first-order valence-corrected chi connectivity index (χ1v) is 10.2. The number of rotatable bonds is 7. The topological polar surface area (TPSA) is 84.9 Å². The van der Waals surface area contributed by atoms with Gasteiger partial charge in [0.05, 0.1) is 23.8 Å². The summed E-state index contributed by atoms with van der Waals surface area (Å²) in [7, 11) is 1.67. The molecule has 6 heteroatoms. The molecule has 3 rings (SSSR count). The van der Waals surface area contributed by atoms with Crippen molar-refractivity contribution < 1.29 is 24.2 Å². The van der Waals surface area contributed by atoms with Gasteiger partial charge in [0.15, 0.2) is 0 Å². The zero-order valence-electron chi connectivity index (χ0n) is 17.7. The van der Waals surface area contributed by atoms with E-state index in [9.17, 15) is 14.7 Å². The van der Waals surface area contributed by atoms with Crippen molar-refractivity contribution in [2.24, 2.45) is 0 Å². The Hall–Kier alpha value is -2.86. The van der Waals surface area contributed by atoms with Crippen molar-refractivity contribution in [1.29, 1.82) is 0 Å².